The van der Waals surface area contributed by atoms with Crippen LogP contribution in [0.3, 0.4) is 0 Å². The van der Waals surface area contributed by atoms with Crippen molar-refractivity contribution in [3.8, 4) is 0 Å². The molecule has 0 bridgehead atoms. The topological polar surface area (TPSA) is 71.5 Å². The zero-order chi connectivity index (χ0) is 13.4. The molecule has 1 fully saturated rings. The molecule has 18 heavy (non-hydrogen) atoms. The summed E-state index contributed by atoms with van der Waals surface area (Å²) in [5.74, 6) is 0. The lowest BCUT2D eigenvalue weighted by Crippen LogP contribution is -2.31. The van der Waals surface area contributed by atoms with E-state index in [1.807, 2.05) is 0 Å². The number of hydrogen-bond donors (Lipinski definition) is 0. The van der Waals surface area contributed by atoms with Gasteiger partial charge in [0.25, 0.3) is 0 Å². The molecular formula is C11H15NO4S2. The van der Waals surface area contributed by atoms with Crippen LogP contribution in [0.25, 0.3) is 0 Å². The predicted molar refractivity (Wildman–Crippen MR) is 68.4 cm³/mol. The Morgan fingerprint density at radius 1 is 1.11 bits per heavy atom. The van der Waals surface area contributed by atoms with Crippen molar-refractivity contribution < 1.29 is 16.8 Å². The highest BCUT2D eigenvalue weighted by atomic mass is 32.2. The fourth-order valence-electron chi connectivity index (χ4n) is 2.05. The molecular weight excluding hydrogens is 274 g/mol. The van der Waals surface area contributed by atoms with Crippen molar-refractivity contribution in [3.63, 3.8) is 0 Å². The summed E-state index contributed by atoms with van der Waals surface area (Å²) < 4.78 is 48.5. The molecule has 2 rings (SSSR count). The van der Waals surface area contributed by atoms with E-state index in [2.05, 4.69) is 0 Å². The van der Waals surface area contributed by atoms with Crippen LogP contribution >= 0.6 is 0 Å². The lowest BCUT2D eigenvalue weighted by molar-refractivity contribution is 0.482. The van der Waals surface area contributed by atoms with E-state index in [9.17, 15) is 16.8 Å². The summed E-state index contributed by atoms with van der Waals surface area (Å²) in [4.78, 5) is 0.255. The van der Waals surface area contributed by atoms with Crippen molar-refractivity contribution in [2.75, 3.05) is 19.3 Å². The average Bonchev–Trinajstić information content (AvgIpc) is 2.79. The second-order valence-corrected chi connectivity index (χ2v) is 8.60. The third kappa shape index (κ3) is 2.57. The van der Waals surface area contributed by atoms with Gasteiger partial charge in [-0.25, -0.2) is 21.1 Å². The van der Waals surface area contributed by atoms with Gasteiger partial charge in [-0.05, 0) is 18.6 Å². The van der Waals surface area contributed by atoms with Crippen molar-refractivity contribution in [2.45, 2.75) is 16.6 Å². The van der Waals surface area contributed by atoms with Crippen molar-refractivity contribution in [2.24, 2.45) is 0 Å². The summed E-state index contributed by atoms with van der Waals surface area (Å²) in [6.07, 6.45) is 1.45. The van der Waals surface area contributed by atoms with Crippen molar-refractivity contribution in [3.05, 3.63) is 30.3 Å². The van der Waals surface area contributed by atoms with Crippen LogP contribution in [0.5, 0.6) is 0 Å². The summed E-state index contributed by atoms with van der Waals surface area (Å²) in [7, 11) is -6.75. The summed E-state index contributed by atoms with van der Waals surface area (Å²) in [6, 6.07) is 8.15. The van der Waals surface area contributed by atoms with E-state index in [0.29, 0.717) is 6.42 Å². The molecule has 0 saturated carbocycles. The molecule has 0 N–H and O–H groups in total. The van der Waals surface area contributed by atoms with Gasteiger partial charge in [0.05, 0.1) is 16.4 Å². The van der Waals surface area contributed by atoms with Gasteiger partial charge >= 0.3 is 0 Å². The van der Waals surface area contributed by atoms with Crippen LogP contribution in [-0.4, -0.2) is 45.7 Å². The highest BCUT2D eigenvalue weighted by Gasteiger charge is 2.37. The molecule has 1 saturated heterocycles. The largest absolute Gasteiger partial charge is 0.223 e. The zero-order valence-corrected chi connectivity index (χ0v) is 11.6. The number of sulfonamides is 1. The fourth-order valence-corrected chi connectivity index (χ4v) is 4.75. The summed E-state index contributed by atoms with van der Waals surface area (Å²) >= 11 is 0. The maximum atomic E-state index is 12.3. The highest BCUT2D eigenvalue weighted by Crippen LogP contribution is 2.24. The molecule has 0 radical (unpaired) electrons. The first-order valence-electron chi connectivity index (χ1n) is 5.56. The second kappa shape index (κ2) is 4.64. The molecule has 100 valence electrons. The highest BCUT2D eigenvalue weighted by molar-refractivity contribution is 7.92. The Morgan fingerprint density at radius 3 is 2.22 bits per heavy atom. The molecule has 1 aromatic carbocycles. The first-order valence-corrected chi connectivity index (χ1v) is 8.95. The van der Waals surface area contributed by atoms with Crippen LogP contribution in [-0.2, 0) is 19.9 Å². The Balaban J connectivity index is 2.25. The third-order valence-electron chi connectivity index (χ3n) is 3.09. The molecule has 1 aromatic rings. The molecule has 1 aliphatic rings. The molecule has 5 nitrogen and oxygen atoms in total. The van der Waals surface area contributed by atoms with E-state index in [0.717, 1.165) is 6.26 Å². The zero-order valence-electron chi connectivity index (χ0n) is 9.98. The normalized spacial score (nSPS) is 22.2. The van der Waals surface area contributed by atoms with Crippen LogP contribution in [0.2, 0.25) is 0 Å². The van der Waals surface area contributed by atoms with Gasteiger partial charge in [-0.2, -0.15) is 0 Å². The van der Waals surface area contributed by atoms with Gasteiger partial charge < -0.3 is 0 Å². The molecule has 0 unspecified atom stereocenters. The second-order valence-electron chi connectivity index (χ2n) is 4.39. The van der Waals surface area contributed by atoms with Gasteiger partial charge in [0, 0.05) is 13.1 Å². The fraction of sp³-hybridized carbons (Fsp3) is 0.455. The van der Waals surface area contributed by atoms with E-state index in [4.69, 9.17) is 0 Å². The Labute approximate surface area is 107 Å². The minimum absolute atomic E-state index is 0.0516. The Morgan fingerprint density at radius 2 is 1.72 bits per heavy atom. The van der Waals surface area contributed by atoms with Crippen molar-refractivity contribution >= 4 is 19.9 Å². The number of hydrogen-bond acceptors (Lipinski definition) is 4. The molecule has 1 aliphatic heterocycles. The lowest BCUT2D eigenvalue weighted by atomic mass is 10.4. The van der Waals surface area contributed by atoms with E-state index >= 15 is 0 Å². The first-order chi connectivity index (χ1) is 8.32. The smallest absolute Gasteiger partial charge is 0.211 e. The minimum atomic E-state index is -3.44. The van der Waals surface area contributed by atoms with Crippen LogP contribution in [0.1, 0.15) is 6.42 Å². The molecule has 0 spiro atoms. The van der Waals surface area contributed by atoms with Gasteiger partial charge in [-0.15, -0.1) is 0 Å². The molecule has 0 amide bonds. The number of rotatable bonds is 3. The summed E-state index contributed by atoms with van der Waals surface area (Å²) in [5, 5.41) is -0.644. The van der Waals surface area contributed by atoms with E-state index in [-0.39, 0.29) is 18.0 Å². The average molecular weight is 289 g/mol. The molecule has 1 atom stereocenters. The standard InChI is InChI=1S/C11H15NO4S2/c1-17(13,14)12-8-7-11(9-12)18(15,16)10-5-3-2-4-6-10/h2-6,11H,7-9H2,1H3/t11-/m1/s1. The predicted octanol–water partition coefficient (Wildman–Crippen LogP) is 0.494. The lowest BCUT2D eigenvalue weighted by Gasteiger charge is -2.13. The van der Waals surface area contributed by atoms with Gasteiger partial charge in [0.15, 0.2) is 9.84 Å². The molecule has 0 aliphatic carbocycles. The van der Waals surface area contributed by atoms with Crippen molar-refractivity contribution in [1.82, 2.24) is 4.31 Å². The van der Waals surface area contributed by atoms with Gasteiger partial charge in [-0.1, -0.05) is 18.2 Å². The maximum Gasteiger partial charge on any atom is 0.211 e. The minimum Gasteiger partial charge on any atom is -0.223 e. The molecule has 1 heterocycles. The summed E-state index contributed by atoms with van der Waals surface area (Å²) in [5.41, 5.74) is 0. The quantitative estimate of drug-likeness (QED) is 0.812. The first kappa shape index (κ1) is 13.5. The number of benzene rings is 1. The monoisotopic (exact) mass is 289 g/mol. The van der Waals surface area contributed by atoms with Gasteiger partial charge in [0.1, 0.15) is 0 Å². The molecule has 7 heteroatoms. The van der Waals surface area contributed by atoms with Gasteiger partial charge in [-0.3, -0.25) is 0 Å². The van der Waals surface area contributed by atoms with E-state index in [1.165, 1.54) is 4.31 Å². The Kier molecular flexibility index (Phi) is 3.48. The third-order valence-corrected chi connectivity index (χ3v) is 6.55. The Bertz CT molecular complexity index is 622. The van der Waals surface area contributed by atoms with Gasteiger partial charge in [0.2, 0.25) is 10.0 Å². The van der Waals surface area contributed by atoms with Crippen molar-refractivity contribution in [1.29, 1.82) is 0 Å². The molecule has 0 aromatic heterocycles. The summed E-state index contributed by atoms with van der Waals surface area (Å²) in [6.45, 7) is 0.325. The van der Waals surface area contributed by atoms with Crippen LogP contribution in [0.4, 0.5) is 0 Å². The van der Waals surface area contributed by atoms with E-state index < -0.39 is 25.1 Å². The van der Waals surface area contributed by atoms with Crippen LogP contribution in [0, 0.1) is 0 Å². The number of nitrogens with zero attached hydrogens (tertiary/aromatic N) is 1. The van der Waals surface area contributed by atoms with E-state index in [1.54, 1.807) is 30.3 Å². The van der Waals surface area contributed by atoms with Crippen LogP contribution < -0.4 is 0 Å². The SMILES string of the molecule is CS(=O)(=O)N1CC[C@@H](S(=O)(=O)c2ccccc2)C1. The van der Waals surface area contributed by atoms with Crippen LogP contribution in [0.15, 0.2) is 35.2 Å². The maximum absolute atomic E-state index is 12.3. The number of sulfone groups is 1. The Hall–Kier alpha value is -0.920.